The number of hydrogen-bond donors (Lipinski definition) is 2. The number of aromatic nitrogens is 10. The number of pyridine rings is 4. The van der Waals surface area contributed by atoms with Gasteiger partial charge in [0, 0.05) is 24.8 Å². The minimum absolute atomic E-state index is 0. The molecule has 0 saturated carbocycles. The number of nitrogen functional groups attached to an aromatic ring is 2. The fourth-order valence-corrected chi connectivity index (χ4v) is 3.26. The van der Waals surface area contributed by atoms with Crippen LogP contribution in [0.15, 0.2) is 97.6 Å². The Bertz CT molecular complexity index is 1490. The van der Waals surface area contributed by atoms with Crippen molar-refractivity contribution in [2.24, 2.45) is 0 Å². The van der Waals surface area contributed by atoms with Crippen molar-refractivity contribution in [2.75, 3.05) is 11.7 Å². The zero-order valence-electron chi connectivity index (χ0n) is 22.4. The molecule has 1 radical (unpaired) electrons. The summed E-state index contributed by atoms with van der Waals surface area (Å²) in [4.78, 5) is 19.8. The van der Waals surface area contributed by atoms with Crippen LogP contribution in [0.25, 0.3) is 78.0 Å². The minimum Gasteiger partial charge on any atom is -0.412 e. The van der Waals surface area contributed by atoms with Gasteiger partial charge in [-0.25, -0.2) is 9.35 Å². The summed E-state index contributed by atoms with van der Waals surface area (Å²) in [5.41, 5.74) is 29.7. The first-order valence-corrected chi connectivity index (χ1v) is 11.6. The molecule has 6 N–H and O–H groups in total. The SMILES string of the molecule is Nn1c(-c2ccccn2)nnc1-c1ccccn1.Nn1c(-c2ccccn2)nnc1-c1ccccn1.O.[Co+2].[N-]=[N+]=[N-].[N-]=[N+]=[N-]. The fraction of sp³-hybridized carbons (Fsp3) is 0. The number of hydrogen-bond acceptors (Lipinski definition) is 10. The van der Waals surface area contributed by atoms with Gasteiger partial charge in [-0.3, -0.25) is 29.8 Å². The molecule has 6 heterocycles. The van der Waals surface area contributed by atoms with E-state index in [-0.39, 0.29) is 22.3 Å². The molecule has 223 valence electrons. The van der Waals surface area contributed by atoms with Gasteiger partial charge in [-0.15, -0.1) is 20.4 Å². The third kappa shape index (κ3) is 9.31. The third-order valence-corrected chi connectivity index (χ3v) is 4.97. The molecule has 6 aromatic rings. The average molecular weight is 637 g/mol. The summed E-state index contributed by atoms with van der Waals surface area (Å²) in [6.45, 7) is 0. The zero-order chi connectivity index (χ0) is 30.2. The summed E-state index contributed by atoms with van der Waals surface area (Å²) in [5.74, 6) is 14.0. The molecular weight excluding hydrogens is 615 g/mol. The maximum absolute atomic E-state index is 6.75. The van der Waals surface area contributed by atoms with Gasteiger partial charge in [-0.1, -0.05) is 24.3 Å². The second-order valence-electron chi connectivity index (χ2n) is 7.47. The van der Waals surface area contributed by atoms with E-state index in [4.69, 9.17) is 33.8 Å². The van der Waals surface area contributed by atoms with E-state index in [2.05, 4.69) is 40.3 Å². The fourth-order valence-electron chi connectivity index (χ4n) is 3.26. The van der Waals surface area contributed by atoms with E-state index in [1.165, 1.54) is 19.2 Å². The van der Waals surface area contributed by atoms with Gasteiger partial charge in [0.1, 0.15) is 22.8 Å². The molecule has 0 saturated heterocycles. The van der Waals surface area contributed by atoms with Crippen LogP contribution in [0, 0.1) is 0 Å². The largest absolute Gasteiger partial charge is 2.00 e. The molecule has 6 aromatic heterocycles. The summed E-state index contributed by atoms with van der Waals surface area (Å²) < 4.78 is 2.79. The molecule has 20 heteroatoms. The summed E-state index contributed by atoms with van der Waals surface area (Å²) in [6, 6.07) is 22.1. The van der Waals surface area contributed by atoms with E-state index in [1.807, 2.05) is 72.8 Å². The zero-order valence-corrected chi connectivity index (χ0v) is 23.4. The van der Waals surface area contributed by atoms with Gasteiger partial charge >= 0.3 is 16.8 Å². The Kier molecular flexibility index (Phi) is 15.2. The van der Waals surface area contributed by atoms with Crippen LogP contribution >= 0.6 is 0 Å². The molecule has 0 aliphatic carbocycles. The van der Waals surface area contributed by atoms with Crippen LogP contribution in [-0.4, -0.2) is 55.2 Å². The maximum atomic E-state index is 6.75. The van der Waals surface area contributed by atoms with Gasteiger partial charge in [-0.05, 0) is 48.5 Å². The van der Waals surface area contributed by atoms with Crippen molar-refractivity contribution in [3.05, 3.63) is 130 Å². The topological polar surface area (TPSA) is 314 Å². The Morgan fingerprint density at radius 1 is 0.455 bits per heavy atom. The van der Waals surface area contributed by atoms with E-state index in [9.17, 15) is 0 Å². The van der Waals surface area contributed by atoms with E-state index in [1.54, 1.807) is 24.8 Å². The van der Waals surface area contributed by atoms with Crippen molar-refractivity contribution in [1.29, 1.82) is 0 Å². The summed E-state index contributed by atoms with van der Waals surface area (Å²) in [7, 11) is 0. The molecule has 0 aliphatic heterocycles. The number of rotatable bonds is 4. The van der Waals surface area contributed by atoms with E-state index >= 15 is 0 Å². The molecule has 0 aromatic carbocycles. The predicted molar refractivity (Wildman–Crippen MR) is 157 cm³/mol. The van der Waals surface area contributed by atoms with Gasteiger partial charge in [0.25, 0.3) is 0 Å². The normalized spacial score (nSPS) is 8.91. The molecular formula is C24H22CoN18O. The molecule has 0 unspecified atom stereocenters. The number of nitrogens with zero attached hydrogens (tertiary/aromatic N) is 16. The van der Waals surface area contributed by atoms with E-state index < -0.39 is 0 Å². The van der Waals surface area contributed by atoms with Crippen LogP contribution < -0.4 is 11.7 Å². The van der Waals surface area contributed by atoms with Crippen molar-refractivity contribution < 1.29 is 22.3 Å². The van der Waals surface area contributed by atoms with Crippen LogP contribution in [0.1, 0.15) is 0 Å². The molecule has 44 heavy (non-hydrogen) atoms. The van der Waals surface area contributed by atoms with Crippen LogP contribution in [0.2, 0.25) is 0 Å². The van der Waals surface area contributed by atoms with Crippen molar-refractivity contribution in [1.82, 2.24) is 49.7 Å². The first kappa shape index (κ1) is 35.6. The molecule has 0 aliphatic rings. The molecule has 0 bridgehead atoms. The van der Waals surface area contributed by atoms with Gasteiger partial charge in [0.2, 0.25) is 23.3 Å². The predicted octanol–water partition coefficient (Wildman–Crippen LogP) is 3.14. The average Bonchev–Trinajstić information content (AvgIpc) is 3.62. The van der Waals surface area contributed by atoms with Crippen molar-refractivity contribution in [2.45, 2.75) is 0 Å². The standard InChI is InChI=1S/2C12H10N6.Co.2N3.H2O/c2*13-18-11(9-5-1-3-7-14-9)16-17-12(18)10-6-2-4-8-15-10;;2*1-3-2;/h2*1-8H,13H2;;;;1H2/q;;+2;2*-1;. The van der Waals surface area contributed by atoms with E-state index in [0.717, 1.165) is 0 Å². The van der Waals surface area contributed by atoms with Crippen LogP contribution in [-0.2, 0) is 16.8 Å². The summed E-state index contributed by atoms with van der Waals surface area (Å²) in [6.07, 6.45) is 6.74. The van der Waals surface area contributed by atoms with Gasteiger partial charge in [0.15, 0.2) is 0 Å². The third-order valence-electron chi connectivity index (χ3n) is 4.97. The monoisotopic (exact) mass is 637 g/mol. The first-order chi connectivity index (χ1) is 20.5. The smallest absolute Gasteiger partial charge is 0.412 e. The van der Waals surface area contributed by atoms with Crippen LogP contribution in [0.5, 0.6) is 0 Å². The Morgan fingerprint density at radius 3 is 0.818 bits per heavy atom. The Balaban J connectivity index is 0.000000360. The quantitative estimate of drug-likeness (QED) is 0.123. The second-order valence-corrected chi connectivity index (χ2v) is 7.47. The maximum Gasteiger partial charge on any atom is 2.00 e. The van der Waals surface area contributed by atoms with Crippen molar-refractivity contribution in [3.63, 3.8) is 0 Å². The Labute approximate surface area is 259 Å². The Morgan fingerprint density at radius 2 is 0.659 bits per heavy atom. The minimum atomic E-state index is 0. The first-order valence-electron chi connectivity index (χ1n) is 11.6. The summed E-state index contributed by atoms with van der Waals surface area (Å²) >= 11 is 0. The van der Waals surface area contributed by atoms with Crippen molar-refractivity contribution in [3.8, 4) is 46.1 Å². The van der Waals surface area contributed by atoms with Crippen molar-refractivity contribution >= 4 is 0 Å². The van der Waals surface area contributed by atoms with Gasteiger partial charge < -0.3 is 39.3 Å². The summed E-state index contributed by atoms with van der Waals surface area (Å²) in [5, 5.41) is 16.2. The molecule has 0 amide bonds. The molecule has 0 atom stereocenters. The second kappa shape index (κ2) is 18.8. The molecule has 19 nitrogen and oxygen atoms in total. The van der Waals surface area contributed by atoms with Gasteiger partial charge in [0.05, 0.1) is 0 Å². The number of nitrogens with two attached hydrogens (primary N) is 2. The molecule has 0 fully saturated rings. The Hall–Kier alpha value is -6.43. The van der Waals surface area contributed by atoms with Crippen LogP contribution in [0.4, 0.5) is 0 Å². The van der Waals surface area contributed by atoms with Gasteiger partial charge in [-0.2, -0.15) is 0 Å². The molecule has 0 spiro atoms. The molecule has 6 rings (SSSR count). The van der Waals surface area contributed by atoms with E-state index in [0.29, 0.717) is 46.1 Å². The van der Waals surface area contributed by atoms with Crippen LogP contribution in [0.3, 0.4) is 0 Å².